The van der Waals surface area contributed by atoms with Gasteiger partial charge in [-0.15, -0.1) is 0 Å². The fourth-order valence-corrected chi connectivity index (χ4v) is 2.21. The molecule has 16 heavy (non-hydrogen) atoms. The van der Waals surface area contributed by atoms with E-state index in [1.165, 1.54) is 6.07 Å². The van der Waals surface area contributed by atoms with E-state index in [0.717, 1.165) is 10.9 Å². The van der Waals surface area contributed by atoms with Gasteiger partial charge in [0.2, 0.25) is 0 Å². The molecule has 0 aliphatic carbocycles. The average molecular weight is 289 g/mol. The molecule has 3 heteroatoms. The lowest BCUT2D eigenvalue weighted by atomic mass is 9.88. The van der Waals surface area contributed by atoms with Crippen molar-refractivity contribution in [2.75, 3.05) is 0 Å². The van der Waals surface area contributed by atoms with E-state index >= 15 is 0 Å². The second-order valence-corrected chi connectivity index (χ2v) is 5.16. The molecule has 1 aromatic carbocycles. The third kappa shape index (κ3) is 3.56. The minimum atomic E-state index is -0.774. The Kier molecular flexibility index (Phi) is 4.93. The van der Waals surface area contributed by atoms with E-state index in [0.29, 0.717) is 24.8 Å². The number of hydrogen-bond acceptors (Lipinski definition) is 1. The summed E-state index contributed by atoms with van der Waals surface area (Å²) < 4.78 is 14.3. The molecule has 0 bridgehead atoms. The van der Waals surface area contributed by atoms with Crippen LogP contribution in [-0.4, -0.2) is 10.7 Å². The third-order valence-electron chi connectivity index (χ3n) is 2.91. The Morgan fingerprint density at radius 3 is 2.56 bits per heavy atom. The largest absolute Gasteiger partial charge is 0.390 e. The summed E-state index contributed by atoms with van der Waals surface area (Å²) in [6.07, 6.45) is 2.65. The van der Waals surface area contributed by atoms with Gasteiger partial charge in [-0.05, 0) is 30.5 Å². The Hall–Kier alpha value is -0.410. The molecule has 90 valence electrons. The van der Waals surface area contributed by atoms with E-state index in [1.54, 1.807) is 12.1 Å². The molecule has 1 N–H and O–H groups in total. The lowest BCUT2D eigenvalue weighted by Crippen LogP contribution is -2.30. The zero-order chi connectivity index (χ0) is 12.2. The maximum Gasteiger partial charge on any atom is 0.127 e. The van der Waals surface area contributed by atoms with Crippen molar-refractivity contribution in [1.82, 2.24) is 0 Å². The second-order valence-electron chi connectivity index (χ2n) is 4.24. The van der Waals surface area contributed by atoms with Crippen LogP contribution in [-0.2, 0) is 6.42 Å². The Balaban J connectivity index is 2.85. The minimum absolute atomic E-state index is 0.252. The van der Waals surface area contributed by atoms with Crippen molar-refractivity contribution in [2.24, 2.45) is 0 Å². The predicted octanol–water partition coefficient (Wildman–Crippen LogP) is 4.07. The molecule has 0 amide bonds. The van der Waals surface area contributed by atoms with Crippen molar-refractivity contribution in [2.45, 2.75) is 45.1 Å². The summed E-state index contributed by atoms with van der Waals surface area (Å²) in [5, 5.41) is 10.3. The maximum absolute atomic E-state index is 13.6. The molecule has 0 saturated carbocycles. The molecule has 0 aliphatic heterocycles. The molecule has 0 radical (unpaired) electrons. The number of halogens is 2. The highest BCUT2D eigenvalue weighted by Crippen LogP contribution is 2.25. The van der Waals surface area contributed by atoms with Crippen molar-refractivity contribution in [3.8, 4) is 0 Å². The Morgan fingerprint density at radius 1 is 1.38 bits per heavy atom. The molecule has 0 spiro atoms. The summed E-state index contributed by atoms with van der Waals surface area (Å²) in [6.45, 7) is 3.96. The van der Waals surface area contributed by atoms with Gasteiger partial charge in [-0.25, -0.2) is 4.39 Å². The first kappa shape index (κ1) is 13.7. The normalized spacial score (nSPS) is 14.8. The van der Waals surface area contributed by atoms with Crippen LogP contribution in [0.25, 0.3) is 0 Å². The van der Waals surface area contributed by atoms with Crippen molar-refractivity contribution < 1.29 is 9.50 Å². The number of aliphatic hydroxyl groups is 1. The Bertz CT molecular complexity index is 354. The topological polar surface area (TPSA) is 20.2 Å². The predicted molar refractivity (Wildman–Crippen MR) is 68.0 cm³/mol. The van der Waals surface area contributed by atoms with Gasteiger partial charge in [0.05, 0.1) is 5.60 Å². The Morgan fingerprint density at radius 2 is 2.06 bits per heavy atom. The summed E-state index contributed by atoms with van der Waals surface area (Å²) in [6, 6.07) is 4.98. The van der Waals surface area contributed by atoms with Crippen molar-refractivity contribution in [3.05, 3.63) is 34.1 Å². The van der Waals surface area contributed by atoms with E-state index in [4.69, 9.17) is 0 Å². The number of benzene rings is 1. The van der Waals surface area contributed by atoms with E-state index in [1.807, 2.05) is 13.8 Å². The molecule has 1 rings (SSSR count). The van der Waals surface area contributed by atoms with Crippen molar-refractivity contribution >= 4 is 15.9 Å². The van der Waals surface area contributed by atoms with E-state index in [9.17, 15) is 9.50 Å². The van der Waals surface area contributed by atoms with E-state index in [-0.39, 0.29) is 5.82 Å². The third-order valence-corrected chi connectivity index (χ3v) is 3.40. The van der Waals surface area contributed by atoms with Crippen LogP contribution in [0.2, 0.25) is 0 Å². The average Bonchev–Trinajstić information content (AvgIpc) is 2.23. The minimum Gasteiger partial charge on any atom is -0.390 e. The molecule has 0 aromatic heterocycles. The first-order chi connectivity index (χ1) is 7.50. The molecule has 0 fully saturated rings. The molecule has 0 aliphatic rings. The summed E-state index contributed by atoms with van der Waals surface area (Å²) in [5.74, 6) is -0.252. The summed E-state index contributed by atoms with van der Waals surface area (Å²) in [5.41, 5.74) is -0.190. The SMILES string of the molecule is CCCC(O)(CC)Cc1ccc(Br)cc1F. The van der Waals surface area contributed by atoms with Gasteiger partial charge in [-0.1, -0.05) is 42.3 Å². The fourth-order valence-electron chi connectivity index (χ4n) is 1.88. The summed E-state index contributed by atoms with van der Waals surface area (Å²) in [7, 11) is 0. The van der Waals surface area contributed by atoms with Crippen LogP contribution in [0, 0.1) is 5.82 Å². The second kappa shape index (κ2) is 5.78. The molecule has 0 heterocycles. The van der Waals surface area contributed by atoms with Crippen LogP contribution in [0.4, 0.5) is 4.39 Å². The van der Waals surface area contributed by atoms with Gasteiger partial charge < -0.3 is 5.11 Å². The molecule has 1 atom stereocenters. The van der Waals surface area contributed by atoms with E-state index in [2.05, 4.69) is 15.9 Å². The van der Waals surface area contributed by atoms with Gasteiger partial charge in [-0.3, -0.25) is 0 Å². The highest BCUT2D eigenvalue weighted by Gasteiger charge is 2.25. The monoisotopic (exact) mass is 288 g/mol. The first-order valence-corrected chi connectivity index (χ1v) is 6.46. The van der Waals surface area contributed by atoms with E-state index < -0.39 is 5.60 Å². The van der Waals surface area contributed by atoms with Crippen LogP contribution in [0.3, 0.4) is 0 Å². The maximum atomic E-state index is 13.6. The lowest BCUT2D eigenvalue weighted by molar-refractivity contribution is 0.0263. The molecular weight excluding hydrogens is 271 g/mol. The molecular formula is C13H18BrFO. The van der Waals surface area contributed by atoms with Crippen molar-refractivity contribution in [1.29, 1.82) is 0 Å². The van der Waals surface area contributed by atoms with Crippen LogP contribution in [0.1, 0.15) is 38.7 Å². The van der Waals surface area contributed by atoms with Gasteiger partial charge in [-0.2, -0.15) is 0 Å². The summed E-state index contributed by atoms with van der Waals surface area (Å²) in [4.78, 5) is 0. The zero-order valence-electron chi connectivity index (χ0n) is 9.76. The fraction of sp³-hybridized carbons (Fsp3) is 0.538. The van der Waals surface area contributed by atoms with Crippen LogP contribution in [0.5, 0.6) is 0 Å². The molecule has 0 saturated heterocycles. The van der Waals surface area contributed by atoms with Gasteiger partial charge in [0.15, 0.2) is 0 Å². The quantitative estimate of drug-likeness (QED) is 0.866. The summed E-state index contributed by atoms with van der Waals surface area (Å²) >= 11 is 3.22. The Labute approximate surface area is 105 Å². The van der Waals surface area contributed by atoms with Crippen molar-refractivity contribution in [3.63, 3.8) is 0 Å². The standard InChI is InChI=1S/C13H18BrFO/c1-3-7-13(16,4-2)9-10-5-6-11(14)8-12(10)15/h5-6,8,16H,3-4,7,9H2,1-2H3. The van der Waals surface area contributed by atoms with Crippen LogP contribution >= 0.6 is 15.9 Å². The van der Waals surface area contributed by atoms with Crippen LogP contribution < -0.4 is 0 Å². The number of rotatable bonds is 5. The number of hydrogen-bond donors (Lipinski definition) is 1. The smallest absolute Gasteiger partial charge is 0.127 e. The highest BCUT2D eigenvalue weighted by molar-refractivity contribution is 9.10. The molecule has 1 unspecified atom stereocenters. The van der Waals surface area contributed by atoms with Gasteiger partial charge >= 0.3 is 0 Å². The molecule has 1 aromatic rings. The highest BCUT2D eigenvalue weighted by atomic mass is 79.9. The molecule has 1 nitrogen and oxygen atoms in total. The van der Waals surface area contributed by atoms with Crippen LogP contribution in [0.15, 0.2) is 22.7 Å². The van der Waals surface area contributed by atoms with Gasteiger partial charge in [0.1, 0.15) is 5.82 Å². The first-order valence-electron chi connectivity index (χ1n) is 5.67. The lowest BCUT2D eigenvalue weighted by Gasteiger charge is -2.26. The van der Waals surface area contributed by atoms with Gasteiger partial charge in [0, 0.05) is 10.9 Å². The van der Waals surface area contributed by atoms with Gasteiger partial charge in [0.25, 0.3) is 0 Å². The zero-order valence-corrected chi connectivity index (χ0v) is 11.3.